The molecule has 0 bridgehead atoms. The smallest absolute Gasteiger partial charge is 0.170 e. The van der Waals surface area contributed by atoms with Crippen LogP contribution in [-0.4, -0.2) is 16.0 Å². The zero-order valence-corrected chi connectivity index (χ0v) is 9.95. The van der Waals surface area contributed by atoms with Crippen molar-refractivity contribution >= 4 is 5.84 Å². The molecule has 5 nitrogen and oxygen atoms in total. The molecule has 2 rings (SSSR count). The highest BCUT2D eigenvalue weighted by Crippen LogP contribution is 2.19. The molecule has 0 aliphatic rings. The average molecular weight is 261 g/mol. The van der Waals surface area contributed by atoms with Gasteiger partial charge in [0.15, 0.2) is 17.4 Å². The SMILES string of the molecule is N/C(=N/O)c1ccc(OCc2ccccn2)c(F)c1. The highest BCUT2D eigenvalue weighted by Gasteiger charge is 2.07. The minimum absolute atomic E-state index is 0.0835. The van der Waals surface area contributed by atoms with E-state index in [0.717, 1.165) is 6.07 Å². The van der Waals surface area contributed by atoms with E-state index < -0.39 is 5.82 Å². The van der Waals surface area contributed by atoms with E-state index >= 15 is 0 Å². The van der Waals surface area contributed by atoms with Crippen LogP contribution in [0.25, 0.3) is 0 Å². The molecule has 1 aromatic heterocycles. The Morgan fingerprint density at radius 3 is 2.84 bits per heavy atom. The average Bonchev–Trinajstić information content (AvgIpc) is 2.46. The molecular weight excluding hydrogens is 249 g/mol. The minimum atomic E-state index is -0.583. The van der Waals surface area contributed by atoms with E-state index in [4.69, 9.17) is 15.7 Å². The zero-order chi connectivity index (χ0) is 13.7. The van der Waals surface area contributed by atoms with Crippen molar-refractivity contribution in [1.29, 1.82) is 0 Å². The lowest BCUT2D eigenvalue weighted by atomic mass is 10.2. The Hall–Kier alpha value is -2.63. The predicted molar refractivity (Wildman–Crippen MR) is 67.5 cm³/mol. The van der Waals surface area contributed by atoms with Crippen LogP contribution in [0.3, 0.4) is 0 Å². The number of pyridine rings is 1. The van der Waals surface area contributed by atoms with E-state index in [2.05, 4.69) is 10.1 Å². The summed E-state index contributed by atoms with van der Waals surface area (Å²) in [6.45, 7) is 0.167. The van der Waals surface area contributed by atoms with Gasteiger partial charge in [-0.05, 0) is 30.3 Å². The van der Waals surface area contributed by atoms with Gasteiger partial charge in [-0.15, -0.1) is 0 Å². The third-order valence-electron chi connectivity index (χ3n) is 2.44. The van der Waals surface area contributed by atoms with Crippen LogP contribution in [0.4, 0.5) is 4.39 Å². The van der Waals surface area contributed by atoms with Crippen molar-refractivity contribution < 1.29 is 14.3 Å². The molecule has 0 spiro atoms. The third-order valence-corrected chi connectivity index (χ3v) is 2.44. The molecule has 0 amide bonds. The minimum Gasteiger partial charge on any atom is -0.484 e. The molecule has 3 N–H and O–H groups in total. The Balaban J connectivity index is 2.10. The standard InChI is InChI=1S/C13H12FN3O2/c14-11-7-9(13(15)17-18)4-5-12(11)19-8-10-3-1-2-6-16-10/h1-7,18H,8H2,(H2,15,17). The number of nitrogens with zero attached hydrogens (tertiary/aromatic N) is 2. The van der Waals surface area contributed by atoms with Crippen LogP contribution in [0.15, 0.2) is 47.8 Å². The largest absolute Gasteiger partial charge is 0.484 e. The molecule has 0 aliphatic carbocycles. The number of rotatable bonds is 4. The molecule has 0 atom stereocenters. The summed E-state index contributed by atoms with van der Waals surface area (Å²) < 4.78 is 19.0. The highest BCUT2D eigenvalue weighted by atomic mass is 19.1. The summed E-state index contributed by atoms with van der Waals surface area (Å²) in [6.07, 6.45) is 1.64. The molecule has 6 heteroatoms. The summed E-state index contributed by atoms with van der Waals surface area (Å²) in [5.74, 6) is -0.657. The molecule has 98 valence electrons. The van der Waals surface area contributed by atoms with Crippen molar-refractivity contribution in [3.8, 4) is 5.75 Å². The maximum Gasteiger partial charge on any atom is 0.170 e. The Bertz CT molecular complexity index is 588. The summed E-state index contributed by atoms with van der Waals surface area (Å²) in [5.41, 5.74) is 6.34. The number of hydrogen-bond donors (Lipinski definition) is 2. The Morgan fingerprint density at radius 1 is 1.37 bits per heavy atom. The first-order chi connectivity index (χ1) is 9.20. The van der Waals surface area contributed by atoms with Gasteiger partial charge in [-0.1, -0.05) is 11.2 Å². The molecule has 0 aliphatic heterocycles. The molecular formula is C13H12FN3O2. The number of oxime groups is 1. The van der Waals surface area contributed by atoms with E-state index in [0.29, 0.717) is 5.69 Å². The van der Waals surface area contributed by atoms with Crippen LogP contribution >= 0.6 is 0 Å². The molecule has 2 aromatic rings. The van der Waals surface area contributed by atoms with Gasteiger partial charge in [0.2, 0.25) is 0 Å². The summed E-state index contributed by atoms with van der Waals surface area (Å²) in [5, 5.41) is 11.3. The number of halogens is 1. The lowest BCUT2D eigenvalue weighted by Gasteiger charge is -2.07. The number of ether oxygens (including phenoxy) is 1. The number of hydrogen-bond acceptors (Lipinski definition) is 4. The van der Waals surface area contributed by atoms with Crippen molar-refractivity contribution in [1.82, 2.24) is 4.98 Å². The van der Waals surface area contributed by atoms with Gasteiger partial charge in [-0.2, -0.15) is 0 Å². The number of aromatic nitrogens is 1. The zero-order valence-electron chi connectivity index (χ0n) is 9.95. The first-order valence-corrected chi connectivity index (χ1v) is 5.51. The van der Waals surface area contributed by atoms with Crippen molar-refractivity contribution in [2.45, 2.75) is 6.61 Å². The second-order valence-corrected chi connectivity index (χ2v) is 3.74. The van der Waals surface area contributed by atoms with Gasteiger partial charge in [0.05, 0.1) is 5.69 Å². The fraction of sp³-hybridized carbons (Fsp3) is 0.0769. The van der Waals surface area contributed by atoms with E-state index in [9.17, 15) is 4.39 Å². The van der Waals surface area contributed by atoms with Crippen molar-refractivity contribution in [3.63, 3.8) is 0 Å². The predicted octanol–water partition coefficient (Wildman–Crippen LogP) is 1.89. The summed E-state index contributed by atoms with van der Waals surface area (Å²) >= 11 is 0. The third kappa shape index (κ3) is 3.19. The molecule has 0 saturated heterocycles. The Labute approximate surface area is 109 Å². The normalized spacial score (nSPS) is 11.3. The molecule has 0 saturated carbocycles. The van der Waals surface area contributed by atoms with Crippen LogP contribution in [0.5, 0.6) is 5.75 Å². The first kappa shape index (κ1) is 12.8. The lowest BCUT2D eigenvalue weighted by molar-refractivity contribution is 0.286. The molecule has 1 aromatic carbocycles. The number of nitrogens with two attached hydrogens (primary N) is 1. The maximum atomic E-state index is 13.7. The van der Waals surface area contributed by atoms with E-state index in [-0.39, 0.29) is 23.8 Å². The molecule has 1 heterocycles. The van der Waals surface area contributed by atoms with Gasteiger partial charge < -0.3 is 15.7 Å². The highest BCUT2D eigenvalue weighted by molar-refractivity contribution is 5.97. The second-order valence-electron chi connectivity index (χ2n) is 3.74. The Kier molecular flexibility index (Phi) is 3.92. The second kappa shape index (κ2) is 5.81. The fourth-order valence-corrected chi connectivity index (χ4v) is 1.47. The van der Waals surface area contributed by atoms with Crippen LogP contribution in [-0.2, 0) is 6.61 Å². The van der Waals surface area contributed by atoms with Gasteiger partial charge in [-0.25, -0.2) is 4.39 Å². The molecule has 19 heavy (non-hydrogen) atoms. The first-order valence-electron chi connectivity index (χ1n) is 5.51. The number of amidine groups is 1. The topological polar surface area (TPSA) is 80.7 Å². The molecule has 0 unspecified atom stereocenters. The van der Waals surface area contributed by atoms with Crippen LogP contribution < -0.4 is 10.5 Å². The van der Waals surface area contributed by atoms with Gasteiger partial charge >= 0.3 is 0 Å². The number of benzene rings is 1. The molecule has 0 fully saturated rings. The summed E-state index contributed by atoms with van der Waals surface area (Å²) in [7, 11) is 0. The van der Waals surface area contributed by atoms with E-state index in [1.807, 2.05) is 6.07 Å². The van der Waals surface area contributed by atoms with Crippen molar-refractivity contribution in [2.24, 2.45) is 10.9 Å². The van der Waals surface area contributed by atoms with Crippen LogP contribution in [0.1, 0.15) is 11.3 Å². The lowest BCUT2D eigenvalue weighted by Crippen LogP contribution is -2.13. The van der Waals surface area contributed by atoms with Crippen LogP contribution in [0.2, 0.25) is 0 Å². The monoisotopic (exact) mass is 261 g/mol. The van der Waals surface area contributed by atoms with Gasteiger partial charge in [0.1, 0.15) is 6.61 Å². The summed E-state index contributed by atoms with van der Waals surface area (Å²) in [4.78, 5) is 4.06. The molecule has 0 radical (unpaired) electrons. The summed E-state index contributed by atoms with van der Waals surface area (Å²) in [6, 6.07) is 9.46. The van der Waals surface area contributed by atoms with Crippen molar-refractivity contribution in [3.05, 3.63) is 59.7 Å². The van der Waals surface area contributed by atoms with Crippen LogP contribution in [0, 0.1) is 5.82 Å². The van der Waals surface area contributed by atoms with Gasteiger partial charge in [0, 0.05) is 11.8 Å². The van der Waals surface area contributed by atoms with Gasteiger partial charge in [-0.3, -0.25) is 4.98 Å². The van der Waals surface area contributed by atoms with E-state index in [1.165, 1.54) is 12.1 Å². The Morgan fingerprint density at radius 2 is 2.21 bits per heavy atom. The maximum absolute atomic E-state index is 13.7. The van der Waals surface area contributed by atoms with Gasteiger partial charge in [0.25, 0.3) is 0 Å². The van der Waals surface area contributed by atoms with E-state index in [1.54, 1.807) is 18.3 Å². The quantitative estimate of drug-likeness (QED) is 0.381. The fourth-order valence-electron chi connectivity index (χ4n) is 1.47. The van der Waals surface area contributed by atoms with Crippen molar-refractivity contribution in [2.75, 3.05) is 0 Å².